The third kappa shape index (κ3) is 3.70. The van der Waals surface area contributed by atoms with E-state index in [0.29, 0.717) is 47.7 Å². The van der Waals surface area contributed by atoms with E-state index in [4.69, 9.17) is 26.8 Å². The largest absolute Gasteiger partial charge is 0.489 e. The van der Waals surface area contributed by atoms with Crippen LogP contribution in [0.3, 0.4) is 0 Å². The van der Waals surface area contributed by atoms with Gasteiger partial charge in [-0.2, -0.15) is 4.80 Å². The predicted octanol–water partition coefficient (Wildman–Crippen LogP) is 2.30. The molecule has 1 amide bonds. The van der Waals surface area contributed by atoms with E-state index in [1.165, 1.54) is 4.80 Å². The molecule has 3 aromatic rings. The first-order valence-corrected chi connectivity index (χ1v) is 8.74. The topological polar surface area (TPSA) is 105 Å². The number of primary amides is 1. The Balaban J connectivity index is 1.55. The highest BCUT2D eigenvalue weighted by molar-refractivity contribution is 6.32. The lowest BCUT2D eigenvalue weighted by molar-refractivity contribution is 0.100. The average Bonchev–Trinajstić information content (AvgIpc) is 2.98. The summed E-state index contributed by atoms with van der Waals surface area (Å²) in [5, 5.41) is 13.0. The first kappa shape index (κ1) is 17.3. The number of ether oxygens (including phenoxy) is 2. The van der Waals surface area contributed by atoms with E-state index in [1.807, 2.05) is 6.07 Å². The van der Waals surface area contributed by atoms with Crippen LogP contribution in [0.5, 0.6) is 11.5 Å². The molecule has 1 aliphatic heterocycles. The Morgan fingerprint density at radius 3 is 2.74 bits per heavy atom. The molecule has 27 heavy (non-hydrogen) atoms. The van der Waals surface area contributed by atoms with Crippen LogP contribution < -0.4 is 15.2 Å². The summed E-state index contributed by atoms with van der Waals surface area (Å²) in [5.74, 6) is 1.16. The van der Waals surface area contributed by atoms with Crippen molar-refractivity contribution in [2.45, 2.75) is 13.0 Å². The molecule has 8 nitrogen and oxygen atoms in total. The highest BCUT2D eigenvalue weighted by Gasteiger charge is 2.16. The number of nitrogens with zero attached hydrogens (tertiary/aromatic N) is 4. The molecule has 1 aromatic heterocycles. The van der Waals surface area contributed by atoms with Gasteiger partial charge < -0.3 is 15.2 Å². The minimum absolute atomic E-state index is 0.378. The summed E-state index contributed by atoms with van der Waals surface area (Å²) >= 11 is 6.32. The Labute approximate surface area is 159 Å². The molecule has 0 saturated heterocycles. The van der Waals surface area contributed by atoms with Gasteiger partial charge in [-0.25, -0.2) is 0 Å². The van der Waals surface area contributed by atoms with Crippen molar-refractivity contribution in [1.82, 2.24) is 20.2 Å². The van der Waals surface area contributed by atoms with Crippen LogP contribution in [0.4, 0.5) is 0 Å². The molecule has 4 rings (SSSR count). The van der Waals surface area contributed by atoms with Crippen LogP contribution in [0.15, 0.2) is 36.4 Å². The number of carbonyl (C=O) groups is 1. The second-order valence-corrected chi connectivity index (χ2v) is 6.45. The van der Waals surface area contributed by atoms with Gasteiger partial charge in [-0.15, -0.1) is 10.2 Å². The highest BCUT2D eigenvalue weighted by Crippen LogP contribution is 2.38. The van der Waals surface area contributed by atoms with Crippen LogP contribution in [0.2, 0.25) is 5.02 Å². The summed E-state index contributed by atoms with van der Waals surface area (Å²) in [6.07, 6.45) is 0.808. The first-order chi connectivity index (χ1) is 13.1. The Kier molecular flexibility index (Phi) is 4.64. The van der Waals surface area contributed by atoms with Gasteiger partial charge in [0.2, 0.25) is 11.7 Å². The second kappa shape index (κ2) is 7.24. The number of benzene rings is 2. The van der Waals surface area contributed by atoms with E-state index in [9.17, 15) is 4.79 Å². The maximum absolute atomic E-state index is 11.2. The zero-order valence-corrected chi connectivity index (χ0v) is 15.0. The highest BCUT2D eigenvalue weighted by atomic mass is 35.5. The van der Waals surface area contributed by atoms with Gasteiger partial charge >= 0.3 is 0 Å². The van der Waals surface area contributed by atoms with Crippen LogP contribution in [0, 0.1) is 0 Å². The molecule has 0 aliphatic carbocycles. The van der Waals surface area contributed by atoms with Crippen LogP contribution in [-0.4, -0.2) is 39.3 Å². The van der Waals surface area contributed by atoms with Crippen LogP contribution in [0.25, 0.3) is 11.4 Å². The smallest absolute Gasteiger partial charge is 0.248 e. The Bertz CT molecular complexity index is 987. The number of nitrogens with two attached hydrogens (primary N) is 1. The molecule has 0 atom stereocenters. The fourth-order valence-electron chi connectivity index (χ4n) is 2.75. The number of carbonyl (C=O) groups excluding carboxylic acids is 1. The molecule has 0 fully saturated rings. The SMILES string of the molecule is NC(=O)c1ccc(-c2nnn(Cc3cc(Cl)c4c(c3)OCCCO4)n2)cc1. The minimum Gasteiger partial charge on any atom is -0.489 e. The molecule has 1 aliphatic rings. The lowest BCUT2D eigenvalue weighted by Gasteiger charge is -2.11. The Morgan fingerprint density at radius 1 is 1.19 bits per heavy atom. The van der Waals surface area contributed by atoms with Crippen molar-refractivity contribution < 1.29 is 14.3 Å². The Morgan fingerprint density at radius 2 is 1.96 bits per heavy atom. The maximum Gasteiger partial charge on any atom is 0.248 e. The van der Waals surface area contributed by atoms with Gasteiger partial charge in [0.25, 0.3) is 0 Å². The van der Waals surface area contributed by atoms with Gasteiger partial charge in [-0.3, -0.25) is 4.79 Å². The lowest BCUT2D eigenvalue weighted by Crippen LogP contribution is -2.10. The predicted molar refractivity (Wildman–Crippen MR) is 97.9 cm³/mol. The van der Waals surface area contributed by atoms with Gasteiger partial charge in [0.05, 0.1) is 24.8 Å². The summed E-state index contributed by atoms with van der Waals surface area (Å²) in [7, 11) is 0. The molecule has 2 aromatic carbocycles. The van der Waals surface area contributed by atoms with Gasteiger partial charge in [-0.05, 0) is 35.0 Å². The van der Waals surface area contributed by atoms with Crippen molar-refractivity contribution >= 4 is 17.5 Å². The number of hydrogen-bond donors (Lipinski definition) is 1. The lowest BCUT2D eigenvalue weighted by atomic mass is 10.1. The van der Waals surface area contributed by atoms with Crippen LogP contribution in [0.1, 0.15) is 22.3 Å². The number of fused-ring (bicyclic) bond motifs is 1. The zero-order chi connectivity index (χ0) is 18.8. The van der Waals surface area contributed by atoms with Crippen molar-refractivity contribution in [3.63, 3.8) is 0 Å². The Hall–Kier alpha value is -3.13. The third-order valence-corrected chi connectivity index (χ3v) is 4.35. The zero-order valence-electron chi connectivity index (χ0n) is 14.3. The second-order valence-electron chi connectivity index (χ2n) is 6.04. The van der Waals surface area contributed by atoms with E-state index in [2.05, 4.69) is 15.4 Å². The molecule has 9 heteroatoms. The summed E-state index contributed by atoms with van der Waals surface area (Å²) in [5.41, 5.74) is 7.28. The number of aromatic nitrogens is 4. The van der Waals surface area contributed by atoms with Gasteiger partial charge in [-0.1, -0.05) is 23.7 Å². The summed E-state index contributed by atoms with van der Waals surface area (Å²) in [4.78, 5) is 12.6. The van der Waals surface area contributed by atoms with Crippen molar-refractivity contribution in [2.75, 3.05) is 13.2 Å². The molecule has 0 spiro atoms. The summed E-state index contributed by atoms with van der Waals surface area (Å²) in [6, 6.07) is 10.4. The molecular formula is C18H16ClN5O3. The molecule has 0 unspecified atom stereocenters. The molecule has 0 radical (unpaired) electrons. The number of tetrazole rings is 1. The van der Waals surface area contributed by atoms with E-state index in [0.717, 1.165) is 17.5 Å². The standard InChI is InChI=1S/C18H16ClN5O3/c19-14-8-11(9-15-16(14)27-7-1-6-26-15)10-24-22-18(21-23-24)13-4-2-12(3-5-13)17(20)25/h2-5,8-9H,1,6-7,10H2,(H2,20,25). The van der Waals surface area contributed by atoms with Crippen molar-refractivity contribution in [1.29, 1.82) is 0 Å². The van der Waals surface area contributed by atoms with Gasteiger partial charge in [0, 0.05) is 17.5 Å². The molecule has 2 heterocycles. The molecule has 0 bridgehead atoms. The summed E-state index contributed by atoms with van der Waals surface area (Å²) in [6.45, 7) is 1.54. The first-order valence-electron chi connectivity index (χ1n) is 8.36. The van der Waals surface area contributed by atoms with Gasteiger partial charge in [0.15, 0.2) is 11.5 Å². The molecule has 2 N–H and O–H groups in total. The third-order valence-electron chi connectivity index (χ3n) is 4.07. The fourth-order valence-corrected chi connectivity index (χ4v) is 3.04. The van der Waals surface area contributed by atoms with Crippen molar-refractivity contribution in [3.05, 3.63) is 52.5 Å². The monoisotopic (exact) mass is 385 g/mol. The van der Waals surface area contributed by atoms with E-state index in [-0.39, 0.29) is 0 Å². The molecule has 138 valence electrons. The van der Waals surface area contributed by atoms with E-state index < -0.39 is 5.91 Å². The molecular weight excluding hydrogens is 370 g/mol. The number of hydrogen-bond acceptors (Lipinski definition) is 6. The number of halogens is 1. The minimum atomic E-state index is -0.482. The van der Waals surface area contributed by atoms with Crippen LogP contribution >= 0.6 is 11.6 Å². The quantitative estimate of drug-likeness (QED) is 0.738. The molecule has 0 saturated carbocycles. The fraction of sp³-hybridized carbons (Fsp3) is 0.222. The van der Waals surface area contributed by atoms with Crippen molar-refractivity contribution in [2.24, 2.45) is 5.73 Å². The average molecular weight is 386 g/mol. The summed E-state index contributed by atoms with van der Waals surface area (Å²) < 4.78 is 11.3. The van der Waals surface area contributed by atoms with Crippen molar-refractivity contribution in [3.8, 4) is 22.9 Å². The normalized spacial score (nSPS) is 13.2. The van der Waals surface area contributed by atoms with Gasteiger partial charge in [0.1, 0.15) is 0 Å². The number of rotatable bonds is 4. The van der Waals surface area contributed by atoms with E-state index in [1.54, 1.807) is 30.3 Å². The number of amides is 1. The van der Waals surface area contributed by atoms with Crippen LogP contribution in [-0.2, 0) is 6.54 Å². The maximum atomic E-state index is 11.2. The van der Waals surface area contributed by atoms with E-state index >= 15 is 0 Å².